The molecule has 1 N–H and O–H groups in total. The van der Waals surface area contributed by atoms with Crippen LogP contribution in [0.3, 0.4) is 0 Å². The first-order valence-corrected chi connectivity index (χ1v) is 5.86. The van der Waals surface area contributed by atoms with E-state index in [4.69, 9.17) is 0 Å². The number of rotatable bonds is 3. The van der Waals surface area contributed by atoms with Gasteiger partial charge in [0.2, 0.25) is 0 Å². The fourth-order valence-electron chi connectivity index (χ4n) is 2.62. The molecule has 88 valence electrons. The zero-order chi connectivity index (χ0) is 10.9. The van der Waals surface area contributed by atoms with E-state index in [0.717, 1.165) is 26.1 Å². The Morgan fingerprint density at radius 3 is 2.80 bits per heavy atom. The number of hydrogen-bond acceptors (Lipinski definition) is 2. The van der Waals surface area contributed by atoms with Gasteiger partial charge in [0.15, 0.2) is 0 Å². The van der Waals surface area contributed by atoms with Crippen molar-refractivity contribution in [2.45, 2.75) is 38.2 Å². The minimum Gasteiger partial charge on any atom is -0.310 e. The second-order valence-electron chi connectivity index (χ2n) is 5.10. The van der Waals surface area contributed by atoms with Crippen LogP contribution in [0.2, 0.25) is 0 Å². The predicted molar refractivity (Wildman–Crippen MR) is 56.2 cm³/mol. The Morgan fingerprint density at radius 2 is 2.20 bits per heavy atom. The van der Waals surface area contributed by atoms with Gasteiger partial charge >= 0.3 is 0 Å². The lowest BCUT2D eigenvalue weighted by Gasteiger charge is -2.33. The Labute approximate surface area is 90.0 Å². The summed E-state index contributed by atoms with van der Waals surface area (Å²) in [5.41, 5.74) is 0.0748. The van der Waals surface area contributed by atoms with Crippen molar-refractivity contribution in [1.82, 2.24) is 10.2 Å². The quantitative estimate of drug-likeness (QED) is 0.776. The number of nitrogens with one attached hydrogen (secondary N) is 1. The highest BCUT2D eigenvalue weighted by Gasteiger charge is 2.43. The van der Waals surface area contributed by atoms with Crippen LogP contribution in [-0.4, -0.2) is 43.0 Å². The number of hydrogen-bond donors (Lipinski definition) is 1. The van der Waals surface area contributed by atoms with Gasteiger partial charge in [-0.15, -0.1) is 0 Å². The molecule has 0 radical (unpaired) electrons. The summed E-state index contributed by atoms with van der Waals surface area (Å²) < 4.78 is 24.7. The lowest BCUT2D eigenvalue weighted by atomic mass is 9.95. The van der Waals surface area contributed by atoms with Crippen LogP contribution in [-0.2, 0) is 0 Å². The largest absolute Gasteiger partial charge is 0.310 e. The molecular weight excluding hydrogens is 198 g/mol. The lowest BCUT2D eigenvalue weighted by molar-refractivity contribution is 0.0772. The van der Waals surface area contributed by atoms with Crippen molar-refractivity contribution in [1.29, 1.82) is 0 Å². The summed E-state index contributed by atoms with van der Waals surface area (Å²) in [7, 11) is 0. The molecule has 2 nitrogen and oxygen atoms in total. The molecule has 2 fully saturated rings. The number of nitrogens with zero attached hydrogens (tertiary/aromatic N) is 1. The Balaban J connectivity index is 1.95. The monoisotopic (exact) mass is 218 g/mol. The lowest BCUT2D eigenvalue weighted by Crippen LogP contribution is -2.51. The highest BCUT2D eigenvalue weighted by atomic mass is 19.3. The zero-order valence-corrected chi connectivity index (χ0v) is 9.31. The highest BCUT2D eigenvalue weighted by molar-refractivity contribution is 5.00. The second kappa shape index (κ2) is 4.34. The van der Waals surface area contributed by atoms with E-state index in [1.165, 1.54) is 12.8 Å². The van der Waals surface area contributed by atoms with Gasteiger partial charge in [0.25, 0.3) is 6.43 Å². The van der Waals surface area contributed by atoms with E-state index in [2.05, 4.69) is 12.2 Å². The minimum absolute atomic E-state index is 0.0655. The van der Waals surface area contributed by atoms with Crippen LogP contribution in [0.15, 0.2) is 0 Å². The van der Waals surface area contributed by atoms with Crippen LogP contribution in [0.1, 0.15) is 26.2 Å². The fraction of sp³-hybridized carbons (Fsp3) is 1.00. The first-order valence-electron chi connectivity index (χ1n) is 5.86. The fourth-order valence-corrected chi connectivity index (χ4v) is 2.62. The van der Waals surface area contributed by atoms with Crippen molar-refractivity contribution in [3.05, 3.63) is 0 Å². The third kappa shape index (κ3) is 2.88. The van der Waals surface area contributed by atoms with Crippen molar-refractivity contribution >= 4 is 0 Å². The topological polar surface area (TPSA) is 15.3 Å². The summed E-state index contributed by atoms with van der Waals surface area (Å²) in [5, 5.41) is 3.54. The summed E-state index contributed by atoms with van der Waals surface area (Å²) >= 11 is 0. The molecule has 1 atom stereocenters. The first kappa shape index (κ1) is 11.3. The van der Waals surface area contributed by atoms with Gasteiger partial charge in [0, 0.05) is 12.1 Å². The van der Waals surface area contributed by atoms with E-state index in [-0.39, 0.29) is 12.1 Å². The smallest absolute Gasteiger partial charge is 0.251 e. The zero-order valence-electron chi connectivity index (χ0n) is 9.31. The minimum atomic E-state index is -2.20. The second-order valence-corrected chi connectivity index (χ2v) is 5.10. The highest BCUT2D eigenvalue weighted by Crippen LogP contribution is 2.40. The molecule has 2 aliphatic rings. The van der Waals surface area contributed by atoms with Crippen molar-refractivity contribution in [2.75, 3.05) is 26.2 Å². The van der Waals surface area contributed by atoms with Gasteiger partial charge < -0.3 is 5.32 Å². The Kier molecular flexibility index (Phi) is 3.26. The summed E-state index contributed by atoms with van der Waals surface area (Å²) in [4.78, 5) is 1.92. The summed E-state index contributed by atoms with van der Waals surface area (Å²) in [6, 6.07) is 0. The van der Waals surface area contributed by atoms with E-state index < -0.39 is 6.43 Å². The molecule has 0 aromatic rings. The van der Waals surface area contributed by atoms with Crippen molar-refractivity contribution in [3.63, 3.8) is 0 Å². The molecule has 2 rings (SSSR count). The van der Waals surface area contributed by atoms with Crippen molar-refractivity contribution in [2.24, 2.45) is 5.92 Å². The van der Waals surface area contributed by atoms with Crippen LogP contribution in [0.25, 0.3) is 0 Å². The average molecular weight is 218 g/mol. The van der Waals surface area contributed by atoms with Crippen LogP contribution in [0, 0.1) is 5.92 Å². The molecule has 1 saturated heterocycles. The van der Waals surface area contributed by atoms with Gasteiger partial charge in [0.1, 0.15) is 0 Å². The molecule has 1 aliphatic heterocycles. The van der Waals surface area contributed by atoms with Gasteiger partial charge in [-0.1, -0.05) is 0 Å². The van der Waals surface area contributed by atoms with Gasteiger partial charge in [-0.2, -0.15) is 0 Å². The molecule has 1 aliphatic carbocycles. The van der Waals surface area contributed by atoms with Crippen LogP contribution in [0.4, 0.5) is 8.78 Å². The number of alkyl halides is 2. The third-order valence-electron chi connectivity index (χ3n) is 3.61. The van der Waals surface area contributed by atoms with Gasteiger partial charge in [-0.25, -0.2) is 8.78 Å². The van der Waals surface area contributed by atoms with Gasteiger partial charge in [0.05, 0.1) is 6.54 Å². The van der Waals surface area contributed by atoms with E-state index >= 15 is 0 Å². The van der Waals surface area contributed by atoms with E-state index in [9.17, 15) is 8.78 Å². The normalized spacial score (nSPS) is 34.4. The molecule has 1 saturated carbocycles. The third-order valence-corrected chi connectivity index (χ3v) is 3.61. The van der Waals surface area contributed by atoms with E-state index in [1.54, 1.807) is 0 Å². The maximum atomic E-state index is 12.4. The van der Waals surface area contributed by atoms with Gasteiger partial charge in [-0.05, 0) is 45.2 Å². The molecule has 0 amide bonds. The molecule has 4 heteroatoms. The Morgan fingerprint density at radius 1 is 1.47 bits per heavy atom. The van der Waals surface area contributed by atoms with E-state index in [0.29, 0.717) is 5.92 Å². The molecule has 0 spiro atoms. The maximum absolute atomic E-state index is 12.4. The molecule has 15 heavy (non-hydrogen) atoms. The number of halogens is 2. The van der Waals surface area contributed by atoms with Crippen LogP contribution < -0.4 is 5.32 Å². The average Bonchev–Trinajstić information content (AvgIpc) is 2.91. The van der Waals surface area contributed by atoms with Crippen molar-refractivity contribution < 1.29 is 8.78 Å². The van der Waals surface area contributed by atoms with Crippen molar-refractivity contribution in [3.8, 4) is 0 Å². The first-order chi connectivity index (χ1) is 7.10. The molecule has 0 bridgehead atoms. The van der Waals surface area contributed by atoms with Crippen LogP contribution >= 0.6 is 0 Å². The Hall–Kier alpha value is -0.220. The summed E-state index contributed by atoms with van der Waals surface area (Å²) in [6.45, 7) is 4.67. The SMILES string of the molecule is CC1(C2CC2)CN(CC(F)F)CCCN1. The molecular formula is C11H20F2N2. The maximum Gasteiger partial charge on any atom is 0.251 e. The summed E-state index contributed by atoms with van der Waals surface area (Å²) in [6.07, 6.45) is 1.29. The summed E-state index contributed by atoms with van der Waals surface area (Å²) in [5.74, 6) is 0.704. The predicted octanol–water partition coefficient (Wildman–Crippen LogP) is 1.72. The standard InChI is InChI=1S/C11H20F2N2/c1-11(9-3-4-9)8-15(7-10(12)13)6-2-5-14-11/h9-10,14H,2-8H2,1H3. The van der Waals surface area contributed by atoms with E-state index in [1.807, 2.05) is 4.90 Å². The molecule has 1 heterocycles. The molecule has 0 aromatic heterocycles. The Bertz CT molecular complexity index is 219. The molecule has 0 aromatic carbocycles. The van der Waals surface area contributed by atoms with Gasteiger partial charge in [-0.3, -0.25) is 4.90 Å². The van der Waals surface area contributed by atoms with Crippen LogP contribution in [0.5, 0.6) is 0 Å². The molecule has 1 unspecified atom stereocenters.